The van der Waals surface area contributed by atoms with Crippen molar-refractivity contribution in [2.75, 3.05) is 48.4 Å². The Hall–Kier alpha value is -3.59. The number of carbonyl (C=O) groups is 1. The maximum Gasteiger partial charge on any atom is 0.267 e. The first-order chi connectivity index (χ1) is 15.5. The van der Waals surface area contributed by atoms with E-state index in [0.29, 0.717) is 30.3 Å². The van der Waals surface area contributed by atoms with E-state index < -0.39 is 0 Å². The summed E-state index contributed by atoms with van der Waals surface area (Å²) in [5, 5.41) is 7.15. The summed E-state index contributed by atoms with van der Waals surface area (Å²) >= 11 is 0. The van der Waals surface area contributed by atoms with Crippen molar-refractivity contribution in [2.45, 2.75) is 6.54 Å². The van der Waals surface area contributed by atoms with Crippen LogP contribution in [0.3, 0.4) is 0 Å². The third kappa shape index (κ3) is 6.01. The molecule has 1 aliphatic rings. The van der Waals surface area contributed by atoms with E-state index >= 15 is 0 Å². The molecule has 174 valence electrons. The van der Waals surface area contributed by atoms with Crippen LogP contribution < -0.4 is 25.4 Å². The van der Waals surface area contributed by atoms with Crippen LogP contribution in [-0.4, -0.2) is 49.0 Å². The molecule has 0 saturated carbocycles. The van der Waals surface area contributed by atoms with Gasteiger partial charge >= 0.3 is 0 Å². The van der Waals surface area contributed by atoms with Crippen molar-refractivity contribution in [3.8, 4) is 5.75 Å². The molecule has 4 rings (SSSR count). The highest BCUT2D eigenvalue weighted by atomic mass is 35.5. The molecule has 0 unspecified atom stereocenters. The molecule has 1 saturated heterocycles. The zero-order valence-electron chi connectivity index (χ0n) is 18.1. The van der Waals surface area contributed by atoms with Gasteiger partial charge in [-0.2, -0.15) is 5.10 Å². The van der Waals surface area contributed by atoms with Gasteiger partial charge in [-0.1, -0.05) is 6.07 Å². The molecule has 0 bridgehead atoms. The Bertz CT molecular complexity index is 1150. The minimum absolute atomic E-state index is 0. The summed E-state index contributed by atoms with van der Waals surface area (Å²) in [7, 11) is 1.55. The van der Waals surface area contributed by atoms with Crippen LogP contribution in [0.2, 0.25) is 0 Å². The van der Waals surface area contributed by atoms with Crippen LogP contribution in [0, 0.1) is 5.82 Å². The molecule has 3 aromatic rings. The Kier molecular flexibility index (Phi) is 7.89. The van der Waals surface area contributed by atoms with Gasteiger partial charge in [0.15, 0.2) is 0 Å². The van der Waals surface area contributed by atoms with Crippen LogP contribution in [0.15, 0.2) is 65.5 Å². The third-order valence-corrected chi connectivity index (χ3v) is 5.29. The fourth-order valence-electron chi connectivity index (χ4n) is 3.60. The number of nitrogens with one attached hydrogen (secondary N) is 1. The first kappa shape index (κ1) is 24.1. The molecule has 2 aromatic carbocycles. The lowest BCUT2D eigenvalue weighted by Gasteiger charge is -2.36. The molecular formula is C23H25ClFN5O3. The zero-order chi connectivity index (χ0) is 22.5. The normalized spacial score (nSPS) is 13.3. The maximum absolute atomic E-state index is 13.2. The lowest BCUT2D eigenvalue weighted by atomic mass is 10.2. The monoisotopic (exact) mass is 473 g/mol. The van der Waals surface area contributed by atoms with Crippen molar-refractivity contribution >= 4 is 35.5 Å². The van der Waals surface area contributed by atoms with Crippen LogP contribution >= 0.6 is 12.4 Å². The van der Waals surface area contributed by atoms with Crippen LogP contribution in [0.25, 0.3) is 0 Å². The van der Waals surface area contributed by atoms with Crippen molar-refractivity contribution in [3.63, 3.8) is 0 Å². The number of aromatic nitrogens is 2. The number of anilines is 3. The summed E-state index contributed by atoms with van der Waals surface area (Å²) in [5.74, 6) is 0.651. The van der Waals surface area contributed by atoms with Crippen LogP contribution in [-0.2, 0) is 11.3 Å². The molecule has 1 aromatic heterocycles. The van der Waals surface area contributed by atoms with Crippen LogP contribution in [0.5, 0.6) is 5.75 Å². The Morgan fingerprint density at radius 2 is 1.73 bits per heavy atom. The van der Waals surface area contributed by atoms with Gasteiger partial charge in [-0.3, -0.25) is 9.59 Å². The SMILES string of the molecule is COc1cccc(NC(=O)Cn2nc(N3CCN(c4ccc(F)cc4)CC3)ccc2=O)c1.Cl. The molecule has 0 spiro atoms. The van der Waals surface area contributed by atoms with Crippen molar-refractivity contribution in [1.29, 1.82) is 0 Å². The van der Waals surface area contributed by atoms with E-state index in [2.05, 4.69) is 20.2 Å². The molecule has 1 aliphatic heterocycles. The van der Waals surface area contributed by atoms with E-state index in [1.54, 1.807) is 49.6 Å². The second-order valence-corrected chi connectivity index (χ2v) is 7.42. The third-order valence-electron chi connectivity index (χ3n) is 5.29. The van der Waals surface area contributed by atoms with Gasteiger partial charge < -0.3 is 19.9 Å². The molecule has 0 aliphatic carbocycles. The Balaban J connectivity index is 0.00000306. The number of benzene rings is 2. The van der Waals surface area contributed by atoms with E-state index in [0.717, 1.165) is 23.5 Å². The van der Waals surface area contributed by atoms with Crippen molar-refractivity contribution in [3.05, 3.63) is 76.8 Å². The molecule has 0 radical (unpaired) electrons. The van der Waals surface area contributed by atoms with E-state index in [1.807, 2.05) is 0 Å². The van der Waals surface area contributed by atoms with Crippen molar-refractivity contribution in [2.24, 2.45) is 0 Å². The van der Waals surface area contributed by atoms with Crippen LogP contribution in [0.4, 0.5) is 21.6 Å². The maximum atomic E-state index is 13.2. The Morgan fingerprint density at radius 1 is 1.03 bits per heavy atom. The average Bonchev–Trinajstić information content (AvgIpc) is 2.81. The van der Waals surface area contributed by atoms with Gasteiger partial charge in [0, 0.05) is 49.7 Å². The van der Waals surface area contributed by atoms with E-state index in [1.165, 1.54) is 18.2 Å². The number of rotatable bonds is 6. The van der Waals surface area contributed by atoms with Gasteiger partial charge in [-0.15, -0.1) is 12.4 Å². The molecule has 2 heterocycles. The smallest absolute Gasteiger partial charge is 0.267 e. The number of halogens is 2. The van der Waals surface area contributed by atoms with Gasteiger partial charge in [0.05, 0.1) is 7.11 Å². The Morgan fingerprint density at radius 3 is 2.42 bits per heavy atom. The minimum Gasteiger partial charge on any atom is -0.497 e. The lowest BCUT2D eigenvalue weighted by Crippen LogP contribution is -2.47. The molecule has 1 N–H and O–H groups in total. The second-order valence-electron chi connectivity index (χ2n) is 7.42. The summed E-state index contributed by atoms with van der Waals surface area (Å²) in [6, 6.07) is 16.5. The standard InChI is InChI=1S/C23H24FN5O3.ClH/c1-32-20-4-2-3-18(15-20)25-22(30)16-29-23(31)10-9-21(26-29)28-13-11-27(12-14-28)19-7-5-17(24)6-8-19;/h2-10,15H,11-14,16H2,1H3,(H,25,30);1H. The van der Waals surface area contributed by atoms with E-state index in [9.17, 15) is 14.0 Å². The second kappa shape index (κ2) is 10.8. The fraction of sp³-hybridized carbons (Fsp3) is 0.261. The largest absolute Gasteiger partial charge is 0.497 e. The number of hydrogen-bond donors (Lipinski definition) is 1. The number of methoxy groups -OCH3 is 1. The number of ether oxygens (including phenoxy) is 1. The molecule has 33 heavy (non-hydrogen) atoms. The summed E-state index contributed by atoms with van der Waals surface area (Å²) in [6.45, 7) is 2.67. The Labute approximate surface area is 197 Å². The first-order valence-corrected chi connectivity index (χ1v) is 10.3. The fourth-order valence-corrected chi connectivity index (χ4v) is 3.60. The number of hydrogen-bond acceptors (Lipinski definition) is 6. The molecule has 8 nitrogen and oxygen atoms in total. The van der Waals surface area contributed by atoms with Gasteiger partial charge in [0.1, 0.15) is 23.9 Å². The molecule has 1 fully saturated rings. The highest BCUT2D eigenvalue weighted by molar-refractivity contribution is 5.90. The van der Waals surface area contributed by atoms with Gasteiger partial charge in [0.25, 0.3) is 5.56 Å². The quantitative estimate of drug-likeness (QED) is 0.593. The average molecular weight is 474 g/mol. The van der Waals surface area contributed by atoms with Gasteiger partial charge in [-0.25, -0.2) is 9.07 Å². The van der Waals surface area contributed by atoms with Gasteiger partial charge in [-0.05, 0) is 42.5 Å². The molecular weight excluding hydrogens is 449 g/mol. The van der Waals surface area contributed by atoms with Crippen molar-refractivity contribution < 1.29 is 13.9 Å². The lowest BCUT2D eigenvalue weighted by molar-refractivity contribution is -0.117. The number of carbonyl (C=O) groups excluding carboxylic acids is 1. The van der Waals surface area contributed by atoms with E-state index in [4.69, 9.17) is 4.74 Å². The van der Waals surface area contributed by atoms with Crippen LogP contribution in [0.1, 0.15) is 0 Å². The summed E-state index contributed by atoms with van der Waals surface area (Å²) in [4.78, 5) is 28.9. The highest BCUT2D eigenvalue weighted by Gasteiger charge is 2.19. The zero-order valence-corrected chi connectivity index (χ0v) is 18.9. The molecule has 0 atom stereocenters. The topological polar surface area (TPSA) is 79.7 Å². The minimum atomic E-state index is -0.355. The summed E-state index contributed by atoms with van der Waals surface area (Å²) in [5.41, 5.74) is 1.20. The van der Waals surface area contributed by atoms with Crippen molar-refractivity contribution in [1.82, 2.24) is 9.78 Å². The van der Waals surface area contributed by atoms with Gasteiger partial charge in [0.2, 0.25) is 5.91 Å². The number of piperazine rings is 1. The number of amides is 1. The molecule has 10 heteroatoms. The summed E-state index contributed by atoms with van der Waals surface area (Å²) in [6.07, 6.45) is 0. The van der Waals surface area contributed by atoms with E-state index in [-0.39, 0.29) is 36.2 Å². The number of nitrogens with zero attached hydrogens (tertiary/aromatic N) is 4. The molecule has 1 amide bonds. The predicted octanol–water partition coefficient (Wildman–Crippen LogP) is 2.78. The first-order valence-electron chi connectivity index (χ1n) is 10.3. The predicted molar refractivity (Wildman–Crippen MR) is 128 cm³/mol. The highest BCUT2D eigenvalue weighted by Crippen LogP contribution is 2.19. The summed E-state index contributed by atoms with van der Waals surface area (Å²) < 4.78 is 19.5.